The fourth-order valence-corrected chi connectivity index (χ4v) is 3.79. The van der Waals surface area contributed by atoms with Gasteiger partial charge in [0, 0.05) is 25.1 Å². The van der Waals surface area contributed by atoms with E-state index in [-0.39, 0.29) is 34.9 Å². The first-order valence-corrected chi connectivity index (χ1v) is 10.3. The molecule has 0 radical (unpaired) electrons. The molecule has 2 aromatic rings. The van der Waals surface area contributed by atoms with Crippen LogP contribution in [-0.4, -0.2) is 52.2 Å². The molecule has 3 amide bonds. The van der Waals surface area contributed by atoms with Crippen molar-refractivity contribution in [2.45, 2.75) is 38.9 Å². The van der Waals surface area contributed by atoms with Gasteiger partial charge in [-0.25, -0.2) is 9.18 Å². The predicted octanol–water partition coefficient (Wildman–Crippen LogP) is 1.83. The molecule has 1 atom stereocenters. The maximum absolute atomic E-state index is 14.1. The number of likely N-dealkylation sites (tertiary alicyclic amines) is 1. The first kappa shape index (κ1) is 22.3. The largest absolute Gasteiger partial charge is 0.486 e. The number of rotatable bonds is 3. The van der Waals surface area contributed by atoms with E-state index in [1.807, 2.05) is 0 Å². The van der Waals surface area contributed by atoms with Crippen molar-refractivity contribution in [1.29, 1.82) is 0 Å². The number of imide groups is 1. The topological polar surface area (TPSA) is 133 Å². The van der Waals surface area contributed by atoms with Crippen LogP contribution in [0.3, 0.4) is 0 Å². The minimum absolute atomic E-state index is 0.0248. The van der Waals surface area contributed by atoms with Crippen molar-refractivity contribution < 1.29 is 28.2 Å². The van der Waals surface area contributed by atoms with Gasteiger partial charge in [0.1, 0.15) is 29.1 Å². The molecule has 1 fully saturated rings. The lowest BCUT2D eigenvalue weighted by Gasteiger charge is -2.24. The molecule has 1 aromatic carbocycles. The Kier molecular flexibility index (Phi) is 5.35. The number of amides is 3. The maximum Gasteiger partial charge on any atom is 0.410 e. The summed E-state index contributed by atoms with van der Waals surface area (Å²) in [5.41, 5.74) is 4.38. The van der Waals surface area contributed by atoms with Gasteiger partial charge in [-0.05, 0) is 32.9 Å². The van der Waals surface area contributed by atoms with Gasteiger partial charge in [0.2, 0.25) is 0 Å². The second kappa shape index (κ2) is 7.91. The van der Waals surface area contributed by atoms with Gasteiger partial charge in [-0.3, -0.25) is 24.3 Å². The highest BCUT2D eigenvalue weighted by Crippen LogP contribution is 2.30. The molecule has 11 heteroatoms. The molecule has 1 saturated heterocycles. The molecular formula is C22H23FN4O6. The third-order valence-corrected chi connectivity index (χ3v) is 5.21. The summed E-state index contributed by atoms with van der Waals surface area (Å²) in [5, 5.41) is 2.08. The fraction of sp³-hybridized carbons (Fsp3) is 0.364. The molecule has 10 nitrogen and oxygen atoms in total. The van der Waals surface area contributed by atoms with Gasteiger partial charge < -0.3 is 20.1 Å². The molecule has 33 heavy (non-hydrogen) atoms. The summed E-state index contributed by atoms with van der Waals surface area (Å²) in [7, 11) is 0. The Labute approximate surface area is 188 Å². The second-order valence-electron chi connectivity index (χ2n) is 8.84. The number of pyridine rings is 1. The lowest BCUT2D eigenvalue weighted by atomic mass is 10.1. The molecule has 2 aliphatic heterocycles. The van der Waals surface area contributed by atoms with Crippen molar-refractivity contribution in [3.8, 4) is 11.4 Å². The minimum atomic E-state index is -0.746. The second-order valence-corrected chi connectivity index (χ2v) is 8.84. The molecule has 0 saturated carbocycles. The molecule has 0 bridgehead atoms. The third-order valence-electron chi connectivity index (χ3n) is 5.21. The highest BCUT2D eigenvalue weighted by Gasteiger charge is 2.34. The highest BCUT2D eigenvalue weighted by molar-refractivity contribution is 6.23. The molecule has 1 aromatic heterocycles. The summed E-state index contributed by atoms with van der Waals surface area (Å²) < 4.78 is 26.4. The summed E-state index contributed by atoms with van der Waals surface area (Å²) in [6.07, 6.45) is -0.428. The summed E-state index contributed by atoms with van der Waals surface area (Å²) in [6, 6.07) is 4.52. The Morgan fingerprint density at radius 2 is 1.91 bits per heavy atom. The van der Waals surface area contributed by atoms with Crippen molar-refractivity contribution in [3.63, 3.8) is 0 Å². The van der Waals surface area contributed by atoms with Crippen molar-refractivity contribution in [1.82, 2.24) is 14.8 Å². The number of nitrogens with one attached hydrogen (secondary N) is 1. The molecule has 0 spiro atoms. The maximum atomic E-state index is 14.1. The number of hydrogen-bond donors (Lipinski definition) is 2. The van der Waals surface area contributed by atoms with E-state index in [1.54, 1.807) is 20.8 Å². The highest BCUT2D eigenvalue weighted by atomic mass is 19.1. The molecular weight excluding hydrogens is 435 g/mol. The zero-order chi connectivity index (χ0) is 24.1. The van der Waals surface area contributed by atoms with Crippen molar-refractivity contribution in [3.05, 3.63) is 51.6 Å². The number of hydrogen-bond acceptors (Lipinski definition) is 7. The third kappa shape index (κ3) is 4.26. The monoisotopic (exact) mass is 458 g/mol. The first-order valence-electron chi connectivity index (χ1n) is 10.3. The number of aromatic nitrogens is 1. The number of fused-ring (bicyclic) bond motifs is 1. The fourth-order valence-electron chi connectivity index (χ4n) is 3.79. The number of ether oxygens (including phenoxy) is 2. The van der Waals surface area contributed by atoms with Crippen LogP contribution in [0.4, 0.5) is 15.0 Å². The van der Waals surface area contributed by atoms with Crippen molar-refractivity contribution in [2.24, 2.45) is 0 Å². The lowest BCUT2D eigenvalue weighted by Crippen LogP contribution is -2.36. The van der Waals surface area contributed by atoms with Gasteiger partial charge in [-0.1, -0.05) is 0 Å². The zero-order valence-corrected chi connectivity index (χ0v) is 18.3. The van der Waals surface area contributed by atoms with E-state index in [0.717, 1.165) is 22.8 Å². The van der Waals surface area contributed by atoms with Gasteiger partial charge in [0.05, 0.1) is 23.4 Å². The van der Waals surface area contributed by atoms with Crippen LogP contribution in [0.5, 0.6) is 5.75 Å². The molecule has 3 heterocycles. The summed E-state index contributed by atoms with van der Waals surface area (Å²) in [4.78, 5) is 50.6. The minimum Gasteiger partial charge on any atom is -0.486 e. The van der Waals surface area contributed by atoms with Crippen LogP contribution in [0, 0.1) is 5.82 Å². The SMILES string of the molecule is CC(C)(C)OC(=O)N1CCC(Oc2ccc(F)cc2-n2c(N)c3c(cc2=O)C(=O)NC3=O)C1. The van der Waals surface area contributed by atoms with Crippen molar-refractivity contribution in [2.75, 3.05) is 18.8 Å². The standard InChI is InChI=1S/C22H23FN4O6/c1-22(2,3)33-21(31)26-7-6-12(10-26)32-15-5-4-11(23)8-14(15)27-16(28)9-13-17(18(27)24)20(30)25-19(13)29/h4-5,8-9,12H,6-7,10,24H2,1-3H3,(H,25,29,30). The Bertz CT molecular complexity index is 1230. The number of anilines is 1. The quantitative estimate of drug-likeness (QED) is 0.671. The van der Waals surface area contributed by atoms with Crippen LogP contribution in [0.15, 0.2) is 29.1 Å². The van der Waals surface area contributed by atoms with E-state index >= 15 is 0 Å². The van der Waals surface area contributed by atoms with Crippen LogP contribution >= 0.6 is 0 Å². The average Bonchev–Trinajstić information content (AvgIpc) is 3.27. The lowest BCUT2D eigenvalue weighted by molar-refractivity contribution is 0.0275. The Morgan fingerprint density at radius 3 is 2.61 bits per heavy atom. The van der Waals surface area contributed by atoms with Crippen LogP contribution in [0.25, 0.3) is 5.69 Å². The number of nitrogens with two attached hydrogens (primary N) is 1. The van der Waals surface area contributed by atoms with E-state index < -0.39 is 41.0 Å². The molecule has 3 N–H and O–H groups in total. The van der Waals surface area contributed by atoms with E-state index in [4.69, 9.17) is 15.2 Å². The van der Waals surface area contributed by atoms with Crippen LogP contribution in [0.2, 0.25) is 0 Å². The Morgan fingerprint density at radius 1 is 1.18 bits per heavy atom. The number of carbonyl (C=O) groups is 3. The number of nitrogen functional groups attached to an aromatic ring is 1. The van der Waals surface area contributed by atoms with E-state index in [2.05, 4.69) is 5.32 Å². The van der Waals surface area contributed by atoms with E-state index in [0.29, 0.717) is 13.0 Å². The number of nitrogens with zero attached hydrogens (tertiary/aromatic N) is 2. The first-order chi connectivity index (χ1) is 15.4. The number of benzene rings is 1. The van der Waals surface area contributed by atoms with E-state index in [1.165, 1.54) is 11.0 Å². The summed E-state index contributed by atoms with van der Waals surface area (Å²) >= 11 is 0. The van der Waals surface area contributed by atoms with Gasteiger partial charge in [0.15, 0.2) is 0 Å². The molecule has 174 valence electrons. The van der Waals surface area contributed by atoms with Crippen molar-refractivity contribution >= 4 is 23.7 Å². The van der Waals surface area contributed by atoms with Gasteiger partial charge in [-0.2, -0.15) is 0 Å². The summed E-state index contributed by atoms with van der Waals surface area (Å²) in [5.74, 6) is -2.31. The van der Waals surface area contributed by atoms with Crippen LogP contribution < -0.4 is 21.3 Å². The molecule has 4 rings (SSSR count). The zero-order valence-electron chi connectivity index (χ0n) is 18.3. The van der Waals surface area contributed by atoms with Gasteiger partial charge in [0.25, 0.3) is 17.4 Å². The summed E-state index contributed by atoms with van der Waals surface area (Å²) in [6.45, 7) is 5.95. The Hall–Kier alpha value is -3.89. The van der Waals surface area contributed by atoms with E-state index in [9.17, 15) is 23.6 Å². The number of halogens is 1. The average molecular weight is 458 g/mol. The van der Waals surface area contributed by atoms with Gasteiger partial charge >= 0.3 is 6.09 Å². The Balaban J connectivity index is 1.65. The molecule has 0 aliphatic carbocycles. The van der Waals surface area contributed by atoms with Crippen LogP contribution in [0.1, 0.15) is 47.9 Å². The van der Waals surface area contributed by atoms with Gasteiger partial charge in [-0.15, -0.1) is 0 Å². The molecule has 1 unspecified atom stereocenters. The van der Waals surface area contributed by atoms with Crippen LogP contribution in [-0.2, 0) is 4.74 Å². The molecule has 2 aliphatic rings. The normalized spacial score (nSPS) is 17.7. The number of carbonyl (C=O) groups excluding carboxylic acids is 3. The predicted molar refractivity (Wildman–Crippen MR) is 115 cm³/mol. The smallest absolute Gasteiger partial charge is 0.410 e.